The molecule has 0 aromatic carbocycles. The van der Waals surface area contributed by atoms with Gasteiger partial charge in [-0.1, -0.05) is 25.0 Å². The van der Waals surface area contributed by atoms with Crippen LogP contribution in [0.2, 0.25) is 0 Å². The van der Waals surface area contributed by atoms with Crippen molar-refractivity contribution in [3.8, 4) is 0 Å². The van der Waals surface area contributed by atoms with Gasteiger partial charge in [-0.25, -0.2) is 0 Å². The lowest BCUT2D eigenvalue weighted by Crippen LogP contribution is -2.46. The van der Waals surface area contributed by atoms with Gasteiger partial charge >= 0.3 is 0 Å². The summed E-state index contributed by atoms with van der Waals surface area (Å²) in [5.41, 5.74) is 0. The van der Waals surface area contributed by atoms with Gasteiger partial charge in [0.25, 0.3) is 0 Å². The minimum atomic E-state index is 0.196. The number of aliphatic hydroxyl groups excluding tert-OH is 1. The van der Waals surface area contributed by atoms with Gasteiger partial charge in [-0.05, 0) is 37.5 Å². The van der Waals surface area contributed by atoms with E-state index in [0.29, 0.717) is 11.8 Å². The maximum Gasteiger partial charge on any atom is 0.223 e. The van der Waals surface area contributed by atoms with Crippen molar-refractivity contribution in [2.75, 3.05) is 6.61 Å². The summed E-state index contributed by atoms with van der Waals surface area (Å²) in [4.78, 5) is 12.3. The molecule has 0 aromatic heterocycles. The Kier molecular flexibility index (Phi) is 3.42. The molecular weight excluding hydrogens is 226 g/mol. The number of allylic oxidation sites excluding steroid dienone is 2. The first-order valence-electron chi connectivity index (χ1n) is 7.37. The molecule has 0 aromatic rings. The molecule has 3 rings (SSSR count). The number of hydrogen-bond donors (Lipinski definition) is 2. The zero-order chi connectivity index (χ0) is 12.5. The molecule has 2 N–H and O–H groups in total. The van der Waals surface area contributed by atoms with Crippen LogP contribution in [-0.2, 0) is 4.79 Å². The van der Waals surface area contributed by atoms with Crippen LogP contribution in [0, 0.1) is 23.7 Å². The molecule has 0 aliphatic heterocycles. The molecule has 2 fully saturated rings. The highest BCUT2D eigenvalue weighted by Gasteiger charge is 2.40. The lowest BCUT2D eigenvalue weighted by molar-refractivity contribution is -0.127. The van der Waals surface area contributed by atoms with Crippen LogP contribution in [0.5, 0.6) is 0 Å². The van der Waals surface area contributed by atoms with E-state index in [9.17, 15) is 9.90 Å². The Bertz CT molecular complexity index is 352. The van der Waals surface area contributed by atoms with Crippen molar-refractivity contribution in [2.45, 2.75) is 44.6 Å². The molecule has 3 aliphatic rings. The topological polar surface area (TPSA) is 49.3 Å². The fourth-order valence-electron chi connectivity index (χ4n) is 3.99. The monoisotopic (exact) mass is 249 g/mol. The second kappa shape index (κ2) is 5.04. The summed E-state index contributed by atoms with van der Waals surface area (Å²) < 4.78 is 0. The highest BCUT2D eigenvalue weighted by Crippen LogP contribution is 2.43. The first-order chi connectivity index (χ1) is 8.78. The zero-order valence-corrected chi connectivity index (χ0v) is 10.8. The lowest BCUT2D eigenvalue weighted by atomic mass is 9.84. The predicted octanol–water partition coefficient (Wildman–Crippen LogP) is 1.87. The lowest BCUT2D eigenvalue weighted by Gasteiger charge is -2.32. The van der Waals surface area contributed by atoms with Crippen LogP contribution in [0.4, 0.5) is 0 Å². The molecule has 1 amide bonds. The van der Waals surface area contributed by atoms with Gasteiger partial charge < -0.3 is 10.4 Å². The molecule has 100 valence electrons. The average Bonchev–Trinajstić information content (AvgIpc) is 3.01. The second-order valence-electron chi connectivity index (χ2n) is 6.23. The number of carbonyl (C=O) groups is 1. The van der Waals surface area contributed by atoms with Crippen LogP contribution in [0.3, 0.4) is 0 Å². The van der Waals surface area contributed by atoms with E-state index >= 15 is 0 Å². The van der Waals surface area contributed by atoms with Crippen LogP contribution >= 0.6 is 0 Å². The third-order valence-electron chi connectivity index (χ3n) is 5.09. The van der Waals surface area contributed by atoms with Crippen LogP contribution in [0.15, 0.2) is 12.2 Å². The second-order valence-corrected chi connectivity index (χ2v) is 6.23. The van der Waals surface area contributed by atoms with Crippen LogP contribution < -0.4 is 5.32 Å². The van der Waals surface area contributed by atoms with E-state index in [2.05, 4.69) is 17.5 Å². The van der Waals surface area contributed by atoms with E-state index in [1.165, 1.54) is 19.3 Å². The molecule has 0 saturated heterocycles. The molecule has 0 heterocycles. The maximum absolute atomic E-state index is 12.3. The summed E-state index contributed by atoms with van der Waals surface area (Å²) in [6.07, 6.45) is 11.2. The number of fused-ring (bicyclic) bond motifs is 2. The molecule has 0 spiro atoms. The summed E-state index contributed by atoms with van der Waals surface area (Å²) in [5.74, 6) is 1.83. The molecule has 2 bridgehead atoms. The van der Waals surface area contributed by atoms with Crippen LogP contribution in [0.25, 0.3) is 0 Å². The summed E-state index contributed by atoms with van der Waals surface area (Å²) in [6.45, 7) is 0.210. The fraction of sp³-hybridized carbons (Fsp3) is 0.800. The SMILES string of the molecule is O=C(NC1CCCCC1CO)C1CC2C=CC1C2. The van der Waals surface area contributed by atoms with Crippen molar-refractivity contribution in [2.24, 2.45) is 23.7 Å². The minimum absolute atomic E-state index is 0.196. The normalized spacial score (nSPS) is 42.2. The van der Waals surface area contributed by atoms with Gasteiger partial charge in [-0.3, -0.25) is 4.79 Å². The maximum atomic E-state index is 12.3. The van der Waals surface area contributed by atoms with Crippen molar-refractivity contribution >= 4 is 5.91 Å². The summed E-state index contributed by atoms with van der Waals surface area (Å²) in [6, 6.07) is 0.208. The van der Waals surface area contributed by atoms with E-state index in [1.807, 2.05) is 0 Å². The molecule has 2 saturated carbocycles. The van der Waals surface area contributed by atoms with Crippen molar-refractivity contribution in [1.82, 2.24) is 5.32 Å². The Balaban J connectivity index is 1.58. The van der Waals surface area contributed by atoms with Crippen LogP contribution in [0.1, 0.15) is 38.5 Å². The fourth-order valence-corrected chi connectivity index (χ4v) is 3.99. The molecule has 18 heavy (non-hydrogen) atoms. The van der Waals surface area contributed by atoms with Gasteiger partial charge in [0.15, 0.2) is 0 Å². The third kappa shape index (κ3) is 2.20. The van der Waals surface area contributed by atoms with Crippen molar-refractivity contribution in [1.29, 1.82) is 0 Å². The van der Waals surface area contributed by atoms with Crippen LogP contribution in [-0.4, -0.2) is 23.7 Å². The van der Waals surface area contributed by atoms with E-state index < -0.39 is 0 Å². The molecule has 3 heteroatoms. The Labute approximate surface area is 109 Å². The average molecular weight is 249 g/mol. The quantitative estimate of drug-likeness (QED) is 0.750. The zero-order valence-electron chi connectivity index (χ0n) is 10.8. The number of nitrogens with one attached hydrogen (secondary N) is 1. The van der Waals surface area contributed by atoms with Gasteiger partial charge in [0.1, 0.15) is 0 Å². The van der Waals surface area contributed by atoms with Crippen molar-refractivity contribution < 1.29 is 9.90 Å². The van der Waals surface area contributed by atoms with E-state index in [4.69, 9.17) is 0 Å². The Hall–Kier alpha value is -0.830. The standard InChI is InChI=1S/C15H23NO2/c17-9-12-3-1-2-4-14(12)16-15(18)13-8-10-5-6-11(13)7-10/h5-6,10-14,17H,1-4,7-9H2,(H,16,18). The first-order valence-corrected chi connectivity index (χ1v) is 7.37. The van der Waals surface area contributed by atoms with E-state index in [0.717, 1.165) is 19.3 Å². The van der Waals surface area contributed by atoms with Gasteiger partial charge in [0.05, 0.1) is 0 Å². The highest BCUT2D eigenvalue weighted by molar-refractivity contribution is 5.80. The highest BCUT2D eigenvalue weighted by atomic mass is 16.3. The minimum Gasteiger partial charge on any atom is -0.396 e. The van der Waals surface area contributed by atoms with Gasteiger partial charge in [-0.15, -0.1) is 0 Å². The Morgan fingerprint density at radius 3 is 2.72 bits per heavy atom. The van der Waals surface area contributed by atoms with Crippen molar-refractivity contribution in [3.05, 3.63) is 12.2 Å². The third-order valence-corrected chi connectivity index (χ3v) is 5.09. The molecule has 5 atom stereocenters. The molecule has 3 nitrogen and oxygen atoms in total. The smallest absolute Gasteiger partial charge is 0.223 e. The summed E-state index contributed by atoms with van der Waals surface area (Å²) in [5, 5.41) is 12.6. The van der Waals surface area contributed by atoms with Gasteiger partial charge in [0, 0.05) is 24.5 Å². The Morgan fingerprint density at radius 1 is 1.22 bits per heavy atom. The van der Waals surface area contributed by atoms with E-state index in [1.54, 1.807) is 0 Å². The molecule has 5 unspecified atom stereocenters. The summed E-state index contributed by atoms with van der Waals surface area (Å²) >= 11 is 0. The number of amides is 1. The largest absolute Gasteiger partial charge is 0.396 e. The number of aliphatic hydroxyl groups is 1. The summed E-state index contributed by atoms with van der Waals surface area (Å²) in [7, 11) is 0. The van der Waals surface area contributed by atoms with Crippen molar-refractivity contribution in [3.63, 3.8) is 0 Å². The number of carbonyl (C=O) groups excluding carboxylic acids is 1. The predicted molar refractivity (Wildman–Crippen MR) is 69.8 cm³/mol. The van der Waals surface area contributed by atoms with Gasteiger partial charge in [-0.2, -0.15) is 0 Å². The first kappa shape index (κ1) is 12.2. The molecular formula is C15H23NO2. The number of hydrogen-bond acceptors (Lipinski definition) is 2. The number of rotatable bonds is 3. The Morgan fingerprint density at radius 2 is 2.06 bits per heavy atom. The molecule has 3 aliphatic carbocycles. The van der Waals surface area contributed by atoms with Gasteiger partial charge in [0.2, 0.25) is 5.91 Å². The van der Waals surface area contributed by atoms with E-state index in [-0.39, 0.29) is 30.4 Å². The molecule has 0 radical (unpaired) electrons.